The van der Waals surface area contributed by atoms with E-state index in [4.69, 9.17) is 10.5 Å². The van der Waals surface area contributed by atoms with Crippen molar-refractivity contribution < 1.29 is 22.5 Å². The summed E-state index contributed by atoms with van der Waals surface area (Å²) in [7, 11) is -4.14. The summed E-state index contributed by atoms with van der Waals surface area (Å²) in [6, 6.07) is -0.0989. The number of nitrogens with two attached hydrogens (primary N) is 1. The van der Waals surface area contributed by atoms with Crippen LogP contribution in [-0.4, -0.2) is 48.4 Å². The molecule has 0 aromatic carbocycles. The summed E-state index contributed by atoms with van der Waals surface area (Å²) in [5.41, 5.74) is 6.46. The summed E-state index contributed by atoms with van der Waals surface area (Å²) in [6.07, 6.45) is 6.07. The lowest BCUT2D eigenvalue weighted by molar-refractivity contribution is -0.179. The third kappa shape index (κ3) is 3.78. The van der Waals surface area contributed by atoms with Gasteiger partial charge in [0.25, 0.3) is 10.1 Å². The summed E-state index contributed by atoms with van der Waals surface area (Å²) >= 11 is 0. The van der Waals surface area contributed by atoms with Crippen molar-refractivity contribution in [2.75, 3.05) is 6.54 Å². The smallest absolute Gasteiger partial charge is 0.310 e. The quantitative estimate of drug-likeness (QED) is 0.472. The topological polar surface area (TPSA) is 119 Å². The van der Waals surface area contributed by atoms with Crippen LogP contribution in [0.15, 0.2) is 0 Å². The molecule has 0 aromatic heterocycles. The molecule has 5 saturated carbocycles. The first-order valence-electron chi connectivity index (χ1n) is 10.4. The van der Waals surface area contributed by atoms with E-state index in [1.165, 1.54) is 0 Å². The second-order valence-corrected chi connectivity index (χ2v) is 11.2. The van der Waals surface area contributed by atoms with E-state index >= 15 is 0 Å². The number of hydrogen-bond acceptors (Lipinski definition) is 6. The number of hydrogen-bond donors (Lipinski definition) is 3. The van der Waals surface area contributed by atoms with E-state index in [1.54, 1.807) is 0 Å². The highest BCUT2D eigenvalue weighted by atomic mass is 32.2. The number of carbonyl (C=O) groups is 1. The fourth-order valence-corrected chi connectivity index (χ4v) is 7.51. The van der Waals surface area contributed by atoms with Crippen molar-refractivity contribution in [3.63, 3.8) is 0 Å². The minimum absolute atomic E-state index is 0.0768. The molecule has 5 rings (SSSR count). The number of nitrogens with one attached hydrogen (secondary N) is 1. The van der Waals surface area contributed by atoms with Gasteiger partial charge in [-0.15, -0.1) is 0 Å². The molecule has 5 fully saturated rings. The molecule has 4 bridgehead atoms. The van der Waals surface area contributed by atoms with E-state index in [2.05, 4.69) is 5.32 Å². The van der Waals surface area contributed by atoms with Gasteiger partial charge in [-0.05, 0) is 75.7 Å². The Hall–Kier alpha value is -0.700. The highest BCUT2D eigenvalue weighted by Gasteiger charge is 2.55. The molecule has 7 nitrogen and oxygen atoms in total. The average molecular weight is 401 g/mol. The van der Waals surface area contributed by atoms with Gasteiger partial charge in [-0.3, -0.25) is 9.35 Å². The molecule has 5 aliphatic carbocycles. The van der Waals surface area contributed by atoms with Crippen molar-refractivity contribution in [2.45, 2.75) is 81.2 Å². The molecule has 0 radical (unpaired) electrons. The fraction of sp³-hybridized carbons (Fsp3) is 0.947. The van der Waals surface area contributed by atoms with Gasteiger partial charge in [0, 0.05) is 11.6 Å². The predicted octanol–water partition coefficient (Wildman–Crippen LogP) is 1.47. The van der Waals surface area contributed by atoms with Crippen LogP contribution < -0.4 is 11.1 Å². The Morgan fingerprint density at radius 3 is 2.41 bits per heavy atom. The van der Waals surface area contributed by atoms with Crippen LogP contribution in [0.4, 0.5) is 0 Å². The minimum atomic E-state index is -4.14. The normalized spacial score (nSPS) is 46.4. The van der Waals surface area contributed by atoms with Crippen molar-refractivity contribution in [3.05, 3.63) is 0 Å². The summed E-state index contributed by atoms with van der Waals surface area (Å²) < 4.78 is 38.7. The summed E-state index contributed by atoms with van der Waals surface area (Å²) in [5, 5.41) is 2.42. The Morgan fingerprint density at radius 2 is 1.85 bits per heavy atom. The Bertz CT molecular complexity index is 680. The van der Waals surface area contributed by atoms with Gasteiger partial charge in [0.1, 0.15) is 6.10 Å². The molecule has 5 atom stereocenters. The minimum Gasteiger partial charge on any atom is -0.462 e. The van der Waals surface area contributed by atoms with E-state index in [0.717, 1.165) is 32.1 Å². The lowest BCUT2D eigenvalue weighted by atomic mass is 9.52. The van der Waals surface area contributed by atoms with Gasteiger partial charge in [-0.25, -0.2) is 0 Å². The molecule has 0 amide bonds. The van der Waals surface area contributed by atoms with Crippen molar-refractivity contribution in [1.82, 2.24) is 5.32 Å². The molecular formula is C19H32N2O5S. The number of ether oxygens (including phenoxy) is 1. The molecule has 5 unspecified atom stereocenters. The van der Waals surface area contributed by atoms with Crippen molar-refractivity contribution in [1.29, 1.82) is 0 Å². The molecule has 5 aliphatic rings. The summed E-state index contributed by atoms with van der Waals surface area (Å²) in [6.45, 7) is 2.67. The molecule has 0 spiro atoms. The van der Waals surface area contributed by atoms with Crippen LogP contribution in [0.25, 0.3) is 0 Å². The Balaban J connectivity index is 1.47. The van der Waals surface area contributed by atoms with Gasteiger partial charge in [0.05, 0.1) is 11.2 Å². The SMILES string of the molecule is CCNC1CCC(S(=O)(=O)O)CC1C(=O)OC1C2CC3CC1CC(N)(C3)C2. The molecule has 8 heteroatoms. The Kier molecular flexibility index (Phi) is 5.06. The Labute approximate surface area is 161 Å². The average Bonchev–Trinajstić information content (AvgIpc) is 2.56. The van der Waals surface area contributed by atoms with Crippen LogP contribution in [0.1, 0.15) is 58.3 Å². The second-order valence-electron chi connectivity index (χ2n) is 9.45. The van der Waals surface area contributed by atoms with Gasteiger partial charge >= 0.3 is 5.97 Å². The van der Waals surface area contributed by atoms with Crippen LogP contribution in [0.5, 0.6) is 0 Å². The molecule has 0 aromatic rings. The zero-order chi connectivity index (χ0) is 19.4. The first kappa shape index (κ1) is 19.6. The van der Waals surface area contributed by atoms with Crippen molar-refractivity contribution >= 4 is 16.1 Å². The van der Waals surface area contributed by atoms with Gasteiger partial charge in [0.2, 0.25) is 0 Å². The van der Waals surface area contributed by atoms with Crippen LogP contribution in [0.2, 0.25) is 0 Å². The van der Waals surface area contributed by atoms with Gasteiger partial charge in [-0.2, -0.15) is 8.42 Å². The lowest BCUT2D eigenvalue weighted by Gasteiger charge is -2.58. The number of esters is 1. The van der Waals surface area contributed by atoms with E-state index in [-0.39, 0.29) is 30.1 Å². The monoisotopic (exact) mass is 400 g/mol. The maximum Gasteiger partial charge on any atom is 0.310 e. The van der Waals surface area contributed by atoms with Crippen LogP contribution in [0, 0.1) is 23.7 Å². The third-order valence-electron chi connectivity index (χ3n) is 7.48. The van der Waals surface area contributed by atoms with E-state index in [1.807, 2.05) is 6.92 Å². The Morgan fingerprint density at radius 1 is 1.19 bits per heavy atom. The van der Waals surface area contributed by atoms with Crippen molar-refractivity contribution in [3.8, 4) is 0 Å². The van der Waals surface area contributed by atoms with E-state index < -0.39 is 21.3 Å². The summed E-state index contributed by atoms with van der Waals surface area (Å²) in [5.74, 6) is 0.496. The van der Waals surface area contributed by atoms with Crippen LogP contribution >= 0.6 is 0 Å². The zero-order valence-electron chi connectivity index (χ0n) is 16.0. The lowest BCUT2D eigenvalue weighted by Crippen LogP contribution is -2.62. The molecule has 27 heavy (non-hydrogen) atoms. The second kappa shape index (κ2) is 6.97. The molecular weight excluding hydrogens is 368 g/mol. The number of rotatable bonds is 5. The van der Waals surface area contributed by atoms with E-state index in [0.29, 0.717) is 37.1 Å². The third-order valence-corrected chi connectivity index (χ3v) is 8.75. The van der Waals surface area contributed by atoms with Gasteiger partial charge in [0.15, 0.2) is 0 Å². The van der Waals surface area contributed by atoms with Crippen molar-refractivity contribution in [2.24, 2.45) is 29.4 Å². The molecule has 0 heterocycles. The first-order valence-corrected chi connectivity index (χ1v) is 11.9. The maximum absolute atomic E-state index is 13.1. The molecule has 154 valence electrons. The zero-order valence-corrected chi connectivity index (χ0v) is 16.8. The maximum atomic E-state index is 13.1. The summed E-state index contributed by atoms with van der Waals surface area (Å²) in [4.78, 5) is 13.1. The standard InChI is InChI=1S/C19H32N2O5S/c1-2-21-16-4-3-14(27(23,24)25)7-15(16)18(22)26-17-12-5-11-6-13(17)10-19(20,8-11)9-12/h11-17,21H,2-10,20H2,1H3,(H,23,24,25). The van der Waals surface area contributed by atoms with Crippen LogP contribution in [0.3, 0.4) is 0 Å². The first-order chi connectivity index (χ1) is 12.7. The van der Waals surface area contributed by atoms with Gasteiger partial charge in [-0.1, -0.05) is 6.92 Å². The molecule has 0 aliphatic heterocycles. The van der Waals surface area contributed by atoms with E-state index in [9.17, 15) is 17.8 Å². The highest BCUT2D eigenvalue weighted by molar-refractivity contribution is 7.86. The fourth-order valence-electron chi connectivity index (χ4n) is 6.62. The molecule has 0 saturated heterocycles. The molecule has 4 N–H and O–H groups in total. The highest BCUT2D eigenvalue weighted by Crippen LogP contribution is 2.55. The predicted molar refractivity (Wildman–Crippen MR) is 100 cm³/mol. The largest absolute Gasteiger partial charge is 0.462 e. The van der Waals surface area contributed by atoms with Crippen LogP contribution in [-0.2, 0) is 19.6 Å². The number of carbonyl (C=O) groups excluding carboxylic acids is 1. The van der Waals surface area contributed by atoms with Gasteiger partial charge < -0.3 is 15.8 Å².